The lowest BCUT2D eigenvalue weighted by molar-refractivity contribution is 0.0525. The van der Waals surface area contributed by atoms with Crippen molar-refractivity contribution in [3.8, 4) is 11.6 Å². The molecule has 0 saturated heterocycles. The lowest BCUT2D eigenvalue weighted by Gasteiger charge is -2.13. The van der Waals surface area contributed by atoms with Crippen LogP contribution in [0, 0.1) is 6.92 Å². The molecule has 0 saturated carbocycles. The highest BCUT2D eigenvalue weighted by Crippen LogP contribution is 2.17. The first-order chi connectivity index (χ1) is 14.9. The minimum atomic E-state index is -0.404. The van der Waals surface area contributed by atoms with E-state index < -0.39 is 5.97 Å². The topological polar surface area (TPSA) is 95.3 Å². The van der Waals surface area contributed by atoms with Crippen molar-refractivity contribution in [1.82, 2.24) is 20.1 Å². The van der Waals surface area contributed by atoms with E-state index in [1.807, 2.05) is 19.9 Å². The molecule has 2 heterocycles. The van der Waals surface area contributed by atoms with Crippen LogP contribution in [-0.2, 0) is 11.3 Å². The summed E-state index contributed by atoms with van der Waals surface area (Å²) in [6.07, 6.45) is 3.14. The van der Waals surface area contributed by atoms with Crippen molar-refractivity contribution in [1.29, 1.82) is 0 Å². The summed E-state index contributed by atoms with van der Waals surface area (Å²) in [6.45, 7) is 8.01. The van der Waals surface area contributed by atoms with Crippen molar-refractivity contribution in [2.45, 2.75) is 40.3 Å². The Morgan fingerprint density at radius 1 is 1.16 bits per heavy atom. The second-order valence-corrected chi connectivity index (χ2v) is 7.14. The van der Waals surface area contributed by atoms with Gasteiger partial charge < -0.3 is 14.8 Å². The SMILES string of the molecule is CCOC(=O)c1cnn(-c2ccc(C(=O)NCc3cccnc3OC(C)C)cc2)c1C. The van der Waals surface area contributed by atoms with Crippen LogP contribution in [0.25, 0.3) is 5.69 Å². The number of pyridine rings is 1. The maximum atomic E-state index is 12.6. The average molecular weight is 422 g/mol. The minimum Gasteiger partial charge on any atom is -0.475 e. The number of ether oxygens (including phenoxy) is 2. The number of carbonyl (C=O) groups is 2. The summed E-state index contributed by atoms with van der Waals surface area (Å²) in [5, 5.41) is 7.16. The van der Waals surface area contributed by atoms with Gasteiger partial charge in [-0.25, -0.2) is 14.5 Å². The smallest absolute Gasteiger partial charge is 0.341 e. The quantitative estimate of drug-likeness (QED) is 0.559. The Kier molecular flexibility index (Phi) is 7.02. The van der Waals surface area contributed by atoms with E-state index in [1.165, 1.54) is 6.20 Å². The number of hydrogen-bond acceptors (Lipinski definition) is 6. The van der Waals surface area contributed by atoms with Crippen LogP contribution in [0.15, 0.2) is 48.8 Å². The van der Waals surface area contributed by atoms with Gasteiger partial charge in [-0.05, 0) is 58.0 Å². The zero-order valence-corrected chi connectivity index (χ0v) is 18.1. The van der Waals surface area contributed by atoms with Crippen molar-refractivity contribution in [2.24, 2.45) is 0 Å². The van der Waals surface area contributed by atoms with Gasteiger partial charge in [0.2, 0.25) is 5.88 Å². The van der Waals surface area contributed by atoms with Gasteiger partial charge >= 0.3 is 5.97 Å². The van der Waals surface area contributed by atoms with Crippen LogP contribution in [0.2, 0.25) is 0 Å². The van der Waals surface area contributed by atoms with Crippen molar-refractivity contribution in [3.05, 3.63) is 71.2 Å². The number of hydrogen-bond donors (Lipinski definition) is 1. The Morgan fingerprint density at radius 3 is 2.58 bits per heavy atom. The highest BCUT2D eigenvalue weighted by atomic mass is 16.5. The lowest BCUT2D eigenvalue weighted by Crippen LogP contribution is -2.23. The molecule has 2 aromatic heterocycles. The van der Waals surface area contributed by atoms with Gasteiger partial charge in [0.1, 0.15) is 5.56 Å². The fourth-order valence-corrected chi connectivity index (χ4v) is 3.00. The maximum Gasteiger partial charge on any atom is 0.341 e. The monoisotopic (exact) mass is 422 g/mol. The average Bonchev–Trinajstić information content (AvgIpc) is 3.14. The Hall–Kier alpha value is -3.68. The van der Waals surface area contributed by atoms with Crippen LogP contribution in [0.5, 0.6) is 5.88 Å². The third-order valence-electron chi connectivity index (χ3n) is 4.52. The zero-order valence-electron chi connectivity index (χ0n) is 18.1. The molecule has 0 fully saturated rings. The molecule has 8 nitrogen and oxygen atoms in total. The zero-order chi connectivity index (χ0) is 22.4. The first-order valence-electron chi connectivity index (χ1n) is 10.1. The molecular formula is C23H26N4O4. The molecule has 1 N–H and O–H groups in total. The number of nitrogens with one attached hydrogen (secondary N) is 1. The second-order valence-electron chi connectivity index (χ2n) is 7.14. The fourth-order valence-electron chi connectivity index (χ4n) is 3.00. The molecule has 0 atom stereocenters. The van der Waals surface area contributed by atoms with Crippen molar-refractivity contribution in [2.75, 3.05) is 6.61 Å². The van der Waals surface area contributed by atoms with E-state index in [4.69, 9.17) is 9.47 Å². The summed E-state index contributed by atoms with van der Waals surface area (Å²) in [5.74, 6) is -0.103. The van der Waals surface area contributed by atoms with Crippen LogP contribution >= 0.6 is 0 Å². The summed E-state index contributed by atoms with van der Waals surface area (Å²) >= 11 is 0. The third kappa shape index (κ3) is 5.28. The number of nitrogens with zero attached hydrogens (tertiary/aromatic N) is 3. The van der Waals surface area contributed by atoms with Crippen molar-refractivity contribution >= 4 is 11.9 Å². The van der Waals surface area contributed by atoms with Crippen molar-refractivity contribution < 1.29 is 19.1 Å². The first kappa shape index (κ1) is 22.0. The predicted octanol–water partition coefficient (Wildman–Crippen LogP) is 3.47. The van der Waals surface area contributed by atoms with Crippen LogP contribution < -0.4 is 10.1 Å². The number of rotatable bonds is 8. The van der Waals surface area contributed by atoms with Crippen LogP contribution in [0.1, 0.15) is 52.7 Å². The van der Waals surface area contributed by atoms with Crippen LogP contribution in [-0.4, -0.2) is 39.4 Å². The molecule has 1 amide bonds. The summed E-state index contributed by atoms with van der Waals surface area (Å²) in [7, 11) is 0. The van der Waals surface area contributed by atoms with Gasteiger partial charge in [-0.2, -0.15) is 5.10 Å². The van der Waals surface area contributed by atoms with E-state index >= 15 is 0 Å². The first-order valence-corrected chi connectivity index (χ1v) is 10.1. The highest BCUT2D eigenvalue weighted by molar-refractivity contribution is 5.94. The standard InChI is InChI=1S/C23H26N4O4/c1-5-30-23(29)20-14-26-27(16(20)4)19-10-8-17(9-11-19)21(28)25-13-18-7-6-12-24-22(18)31-15(2)3/h6-12,14-15H,5,13H2,1-4H3,(H,25,28). The summed E-state index contributed by atoms with van der Waals surface area (Å²) in [4.78, 5) is 28.8. The summed E-state index contributed by atoms with van der Waals surface area (Å²) < 4.78 is 12.4. The van der Waals surface area contributed by atoms with E-state index in [-0.39, 0.29) is 12.0 Å². The highest BCUT2D eigenvalue weighted by Gasteiger charge is 2.16. The maximum absolute atomic E-state index is 12.6. The Balaban J connectivity index is 1.68. The van der Waals surface area contributed by atoms with Crippen LogP contribution in [0.3, 0.4) is 0 Å². The second kappa shape index (κ2) is 9.88. The van der Waals surface area contributed by atoms with E-state index in [0.29, 0.717) is 35.9 Å². The molecule has 0 unspecified atom stereocenters. The summed E-state index contributed by atoms with van der Waals surface area (Å²) in [6, 6.07) is 10.7. The molecule has 0 aliphatic heterocycles. The fraction of sp³-hybridized carbons (Fsp3) is 0.304. The molecule has 0 spiro atoms. The van der Waals surface area contributed by atoms with Gasteiger partial charge in [-0.15, -0.1) is 0 Å². The number of esters is 1. The molecule has 1 aromatic carbocycles. The van der Waals surface area contributed by atoms with Gasteiger partial charge in [0.25, 0.3) is 5.91 Å². The van der Waals surface area contributed by atoms with Crippen molar-refractivity contribution in [3.63, 3.8) is 0 Å². The van der Waals surface area contributed by atoms with E-state index in [2.05, 4.69) is 15.4 Å². The van der Waals surface area contributed by atoms with Gasteiger partial charge in [0.05, 0.1) is 30.3 Å². The number of carbonyl (C=O) groups excluding carboxylic acids is 2. The Bertz CT molecular complexity index is 1060. The van der Waals surface area contributed by atoms with E-state index in [9.17, 15) is 9.59 Å². The largest absolute Gasteiger partial charge is 0.475 e. The number of aromatic nitrogens is 3. The molecule has 3 aromatic rings. The van der Waals surface area contributed by atoms with Gasteiger partial charge in [0.15, 0.2) is 0 Å². The third-order valence-corrected chi connectivity index (χ3v) is 4.52. The Labute approximate surface area is 181 Å². The van der Waals surface area contributed by atoms with Gasteiger partial charge in [-0.3, -0.25) is 4.79 Å². The number of benzene rings is 1. The molecule has 8 heteroatoms. The number of amides is 1. The minimum absolute atomic E-state index is 0.00741. The molecule has 0 radical (unpaired) electrons. The van der Waals surface area contributed by atoms with Crippen LogP contribution in [0.4, 0.5) is 0 Å². The Morgan fingerprint density at radius 2 is 1.90 bits per heavy atom. The predicted molar refractivity (Wildman–Crippen MR) is 115 cm³/mol. The van der Waals surface area contributed by atoms with Gasteiger partial charge in [-0.1, -0.05) is 6.07 Å². The molecule has 0 aliphatic carbocycles. The van der Waals surface area contributed by atoms with Gasteiger partial charge in [0, 0.05) is 23.9 Å². The summed E-state index contributed by atoms with van der Waals surface area (Å²) in [5.41, 5.74) is 3.14. The van der Waals surface area contributed by atoms with E-state index in [1.54, 1.807) is 55.1 Å². The normalized spacial score (nSPS) is 10.7. The van der Waals surface area contributed by atoms with E-state index in [0.717, 1.165) is 11.3 Å². The molecule has 162 valence electrons. The molecular weight excluding hydrogens is 396 g/mol. The molecule has 31 heavy (non-hydrogen) atoms. The molecule has 3 rings (SSSR count). The molecule has 0 aliphatic rings. The molecule has 0 bridgehead atoms. The lowest BCUT2D eigenvalue weighted by atomic mass is 10.1.